The zero-order valence-electron chi connectivity index (χ0n) is 24.2. The molecule has 0 saturated carbocycles. The summed E-state index contributed by atoms with van der Waals surface area (Å²) in [6, 6.07) is 21.0. The first-order valence-electron chi connectivity index (χ1n) is 13.9. The maximum atomic E-state index is 14.1. The molecule has 0 radical (unpaired) electrons. The molecule has 44 heavy (non-hydrogen) atoms. The van der Waals surface area contributed by atoms with Crippen LogP contribution in [0.4, 0.5) is 0 Å². The Hall–Kier alpha value is -4.48. The number of hydrogen-bond donors (Lipinski definition) is 1. The summed E-state index contributed by atoms with van der Waals surface area (Å²) in [7, 11) is 0. The third-order valence-electron chi connectivity index (χ3n) is 6.55. The number of halogens is 1. The van der Waals surface area contributed by atoms with E-state index in [1.807, 2.05) is 68.4 Å². The molecule has 3 aromatic carbocycles. The fourth-order valence-electron chi connectivity index (χ4n) is 4.77. The highest BCUT2D eigenvalue weighted by atomic mass is 79.9. The van der Waals surface area contributed by atoms with E-state index < -0.39 is 24.6 Å². The van der Waals surface area contributed by atoms with Crippen molar-refractivity contribution in [1.82, 2.24) is 4.57 Å². The summed E-state index contributed by atoms with van der Waals surface area (Å²) in [4.78, 5) is 43.9. The SMILES string of the molecule is CCOC(=O)C1=C(c2ccccc2)N=c2s/c(=C\c3ccc(OCC(=O)O)c(Br)c3)c(=O)n2[C@@H]1c1ccc(OC(C)C)cc1. The summed E-state index contributed by atoms with van der Waals surface area (Å²) in [6.45, 7) is 5.29. The van der Waals surface area contributed by atoms with Crippen LogP contribution in [0.25, 0.3) is 11.8 Å². The Kier molecular flexibility index (Phi) is 9.46. The van der Waals surface area contributed by atoms with Gasteiger partial charge in [-0.15, -0.1) is 0 Å². The lowest BCUT2D eigenvalue weighted by molar-refractivity contribution is -0.140. The first-order valence-corrected chi connectivity index (χ1v) is 15.5. The van der Waals surface area contributed by atoms with E-state index in [1.54, 1.807) is 31.2 Å². The number of ether oxygens (including phenoxy) is 3. The number of esters is 1. The van der Waals surface area contributed by atoms with Gasteiger partial charge >= 0.3 is 11.9 Å². The predicted molar refractivity (Wildman–Crippen MR) is 171 cm³/mol. The van der Waals surface area contributed by atoms with Crippen LogP contribution in [0.3, 0.4) is 0 Å². The molecule has 1 aliphatic heterocycles. The Balaban J connectivity index is 1.70. The number of fused-ring (bicyclic) bond motifs is 1. The fourth-order valence-corrected chi connectivity index (χ4v) is 6.28. The van der Waals surface area contributed by atoms with Gasteiger partial charge in [0.05, 0.1) is 39.0 Å². The molecular formula is C33H29BrN2O7S. The maximum Gasteiger partial charge on any atom is 0.341 e. The van der Waals surface area contributed by atoms with Gasteiger partial charge in [-0.25, -0.2) is 14.6 Å². The summed E-state index contributed by atoms with van der Waals surface area (Å²) in [5, 5.41) is 8.92. The summed E-state index contributed by atoms with van der Waals surface area (Å²) in [5.74, 6) is -0.612. The maximum absolute atomic E-state index is 14.1. The largest absolute Gasteiger partial charge is 0.491 e. The Morgan fingerprint density at radius 1 is 1.09 bits per heavy atom. The second-order valence-corrected chi connectivity index (χ2v) is 11.9. The minimum Gasteiger partial charge on any atom is -0.491 e. The smallest absolute Gasteiger partial charge is 0.341 e. The van der Waals surface area contributed by atoms with Crippen LogP contribution in [0.15, 0.2) is 92.6 Å². The molecule has 4 aromatic rings. The summed E-state index contributed by atoms with van der Waals surface area (Å²) in [5.41, 5.74) is 2.48. The van der Waals surface area contributed by atoms with Crippen molar-refractivity contribution in [3.05, 3.63) is 119 Å². The van der Waals surface area contributed by atoms with E-state index in [1.165, 1.54) is 15.9 Å². The number of nitrogens with zero attached hydrogens (tertiary/aromatic N) is 2. The fraction of sp³-hybridized carbons (Fsp3) is 0.212. The number of thiazole rings is 1. The zero-order chi connectivity index (χ0) is 31.4. The van der Waals surface area contributed by atoms with Gasteiger partial charge in [0.15, 0.2) is 11.4 Å². The van der Waals surface area contributed by atoms with Gasteiger partial charge in [0.1, 0.15) is 11.5 Å². The molecule has 1 aliphatic rings. The normalized spacial score (nSPS) is 14.7. The molecule has 2 heterocycles. The molecule has 1 aromatic heterocycles. The Morgan fingerprint density at radius 3 is 2.45 bits per heavy atom. The lowest BCUT2D eigenvalue weighted by Crippen LogP contribution is -2.40. The van der Waals surface area contributed by atoms with Crippen molar-refractivity contribution >= 4 is 51.0 Å². The van der Waals surface area contributed by atoms with Gasteiger partial charge in [-0.1, -0.05) is 59.9 Å². The topological polar surface area (TPSA) is 116 Å². The van der Waals surface area contributed by atoms with Crippen molar-refractivity contribution in [3.8, 4) is 11.5 Å². The molecule has 0 spiro atoms. The quantitative estimate of drug-likeness (QED) is 0.236. The van der Waals surface area contributed by atoms with Crippen LogP contribution in [0.5, 0.6) is 11.5 Å². The van der Waals surface area contributed by atoms with Gasteiger partial charge in [0, 0.05) is 5.56 Å². The first-order chi connectivity index (χ1) is 21.2. The van der Waals surface area contributed by atoms with Crippen molar-refractivity contribution in [3.63, 3.8) is 0 Å². The highest BCUT2D eigenvalue weighted by Crippen LogP contribution is 2.36. The van der Waals surface area contributed by atoms with Crippen molar-refractivity contribution in [2.24, 2.45) is 4.99 Å². The summed E-state index contributed by atoms with van der Waals surface area (Å²) < 4.78 is 19.1. The molecule has 0 amide bonds. The van der Waals surface area contributed by atoms with Gasteiger partial charge in [0.2, 0.25) is 0 Å². The number of aromatic nitrogens is 1. The Labute approximate surface area is 265 Å². The predicted octanol–water partition coefficient (Wildman–Crippen LogP) is 4.95. The van der Waals surface area contributed by atoms with Crippen LogP contribution in [0, 0.1) is 0 Å². The van der Waals surface area contributed by atoms with Crippen molar-refractivity contribution in [1.29, 1.82) is 0 Å². The van der Waals surface area contributed by atoms with Crippen molar-refractivity contribution in [2.45, 2.75) is 32.9 Å². The minimum absolute atomic E-state index is 0.0176. The van der Waals surface area contributed by atoms with Crippen LogP contribution in [0.2, 0.25) is 0 Å². The third kappa shape index (κ3) is 6.68. The molecule has 0 aliphatic carbocycles. The van der Waals surface area contributed by atoms with E-state index in [0.29, 0.717) is 42.1 Å². The van der Waals surface area contributed by atoms with Gasteiger partial charge in [0.25, 0.3) is 5.56 Å². The van der Waals surface area contributed by atoms with E-state index in [2.05, 4.69) is 15.9 Å². The molecule has 11 heteroatoms. The van der Waals surface area contributed by atoms with E-state index >= 15 is 0 Å². The van der Waals surface area contributed by atoms with Crippen LogP contribution in [-0.4, -0.2) is 40.9 Å². The number of hydrogen-bond acceptors (Lipinski definition) is 8. The van der Waals surface area contributed by atoms with Crippen molar-refractivity contribution < 1.29 is 28.9 Å². The monoisotopic (exact) mass is 676 g/mol. The van der Waals surface area contributed by atoms with Gasteiger partial charge in [-0.2, -0.15) is 0 Å². The number of carboxylic acid groups (broad SMARTS) is 1. The number of carbonyl (C=O) groups excluding carboxylic acids is 1. The molecule has 1 atom stereocenters. The van der Waals surface area contributed by atoms with E-state index in [-0.39, 0.29) is 23.8 Å². The first kappa shape index (κ1) is 31.0. The highest BCUT2D eigenvalue weighted by molar-refractivity contribution is 9.10. The lowest BCUT2D eigenvalue weighted by atomic mass is 9.93. The number of benzene rings is 3. The molecular weight excluding hydrogens is 648 g/mol. The number of carboxylic acids is 1. The average molecular weight is 678 g/mol. The molecule has 226 valence electrons. The van der Waals surface area contributed by atoms with Crippen LogP contribution >= 0.6 is 27.3 Å². The van der Waals surface area contributed by atoms with E-state index in [0.717, 1.165) is 5.56 Å². The third-order valence-corrected chi connectivity index (χ3v) is 8.15. The molecule has 9 nitrogen and oxygen atoms in total. The van der Waals surface area contributed by atoms with Crippen LogP contribution in [-0.2, 0) is 14.3 Å². The number of carbonyl (C=O) groups is 2. The van der Waals surface area contributed by atoms with Gasteiger partial charge in [-0.3, -0.25) is 9.36 Å². The van der Waals surface area contributed by atoms with E-state index in [9.17, 15) is 14.4 Å². The second kappa shape index (κ2) is 13.4. The van der Waals surface area contributed by atoms with Crippen LogP contribution in [0.1, 0.15) is 43.5 Å². The second-order valence-electron chi connectivity index (χ2n) is 10.0. The minimum atomic E-state index is -1.09. The van der Waals surface area contributed by atoms with Crippen LogP contribution < -0.4 is 24.4 Å². The molecule has 0 saturated heterocycles. The summed E-state index contributed by atoms with van der Waals surface area (Å²) in [6.07, 6.45) is 1.71. The molecule has 0 bridgehead atoms. The number of aliphatic carboxylic acids is 1. The van der Waals surface area contributed by atoms with Gasteiger partial charge in [-0.05, 0) is 78.2 Å². The lowest BCUT2D eigenvalue weighted by Gasteiger charge is -2.26. The zero-order valence-corrected chi connectivity index (χ0v) is 26.6. The Morgan fingerprint density at radius 2 is 1.82 bits per heavy atom. The van der Waals surface area contributed by atoms with E-state index in [4.69, 9.17) is 24.3 Å². The molecule has 0 unspecified atom stereocenters. The van der Waals surface area contributed by atoms with Crippen molar-refractivity contribution in [2.75, 3.05) is 13.2 Å². The molecule has 0 fully saturated rings. The average Bonchev–Trinajstić information content (AvgIpc) is 3.30. The molecule has 1 N–H and O–H groups in total. The summed E-state index contributed by atoms with van der Waals surface area (Å²) >= 11 is 4.62. The number of rotatable bonds is 10. The van der Waals surface area contributed by atoms with Gasteiger partial charge < -0.3 is 19.3 Å². The molecule has 5 rings (SSSR count). The standard InChI is InChI=1S/C33H29BrN2O7S/c1-4-41-32(40)28-29(21-8-6-5-7-9-21)35-33-36(30(28)22-11-13-23(14-12-22)43-19(2)3)31(39)26(44-33)17-20-10-15-25(24(34)16-20)42-18-27(37)38/h5-17,19,30H,4,18H2,1-3H3,(H,37,38)/b26-17-/t30-/m1/s1. The Bertz CT molecular complexity index is 1910. The highest BCUT2D eigenvalue weighted by Gasteiger charge is 2.35.